The fourth-order valence-electron chi connectivity index (χ4n) is 1.30. The average molecular weight is 273 g/mol. The summed E-state index contributed by atoms with van der Waals surface area (Å²) < 4.78 is 10.8. The fourth-order valence-corrected chi connectivity index (χ4v) is 1.85. The molecule has 0 unspecified atom stereocenters. The van der Waals surface area contributed by atoms with Gasteiger partial charge in [0.2, 0.25) is 0 Å². The van der Waals surface area contributed by atoms with E-state index in [1.54, 1.807) is 7.11 Å². The Bertz CT molecular complexity index is 350. The molecule has 82 valence electrons. The first-order valence-electron chi connectivity index (χ1n) is 4.57. The van der Waals surface area contributed by atoms with E-state index < -0.39 is 0 Å². The number of carbonyl (C=O) groups excluding carboxylic acids is 1. The molecule has 0 heterocycles. The highest BCUT2D eigenvalue weighted by atomic mass is 79.9. The minimum absolute atomic E-state index is 0.215. The minimum Gasteiger partial charge on any atom is -0.496 e. The number of hydrogen-bond acceptors (Lipinski definition) is 3. The van der Waals surface area contributed by atoms with Gasteiger partial charge in [0.05, 0.1) is 14.2 Å². The molecule has 1 rings (SSSR count). The van der Waals surface area contributed by atoms with Crippen molar-refractivity contribution < 1.29 is 14.3 Å². The molecule has 0 radical (unpaired) electrons. The minimum atomic E-state index is -0.215. The molecular weight excluding hydrogens is 260 g/mol. The highest BCUT2D eigenvalue weighted by Gasteiger charge is 2.09. The molecule has 0 saturated carbocycles. The zero-order chi connectivity index (χ0) is 11.3. The first-order valence-corrected chi connectivity index (χ1v) is 5.36. The summed E-state index contributed by atoms with van der Waals surface area (Å²) in [5.41, 5.74) is 0.991. The second-order valence-corrected chi connectivity index (χ2v) is 3.85. The molecule has 1 aromatic rings. The largest absolute Gasteiger partial charge is 0.496 e. The SMILES string of the molecule is COC(=O)CCc1c(Br)cccc1OC. The maximum Gasteiger partial charge on any atom is 0.305 e. The van der Waals surface area contributed by atoms with Crippen LogP contribution in [0.5, 0.6) is 5.75 Å². The summed E-state index contributed by atoms with van der Waals surface area (Å²) in [6, 6.07) is 5.69. The molecule has 0 saturated heterocycles. The van der Waals surface area contributed by atoms with Crippen LogP contribution in [0.15, 0.2) is 22.7 Å². The number of carbonyl (C=O) groups is 1. The van der Waals surface area contributed by atoms with Crippen LogP contribution in [0.4, 0.5) is 0 Å². The number of rotatable bonds is 4. The Hall–Kier alpha value is -1.03. The van der Waals surface area contributed by atoms with Crippen molar-refractivity contribution in [3.8, 4) is 5.75 Å². The Labute approximate surface area is 97.5 Å². The van der Waals surface area contributed by atoms with Crippen LogP contribution in [-0.4, -0.2) is 20.2 Å². The summed E-state index contributed by atoms with van der Waals surface area (Å²) in [5.74, 6) is 0.570. The van der Waals surface area contributed by atoms with Gasteiger partial charge in [0.15, 0.2) is 0 Å². The van der Waals surface area contributed by atoms with Crippen molar-refractivity contribution in [2.45, 2.75) is 12.8 Å². The van der Waals surface area contributed by atoms with Gasteiger partial charge in [0, 0.05) is 16.5 Å². The summed E-state index contributed by atoms with van der Waals surface area (Å²) in [7, 11) is 3.00. The fraction of sp³-hybridized carbons (Fsp3) is 0.364. The quantitative estimate of drug-likeness (QED) is 0.791. The zero-order valence-electron chi connectivity index (χ0n) is 8.75. The van der Waals surface area contributed by atoms with Gasteiger partial charge in [-0.25, -0.2) is 0 Å². The summed E-state index contributed by atoms with van der Waals surface area (Å²) >= 11 is 3.43. The van der Waals surface area contributed by atoms with Crippen LogP contribution in [0.1, 0.15) is 12.0 Å². The van der Waals surface area contributed by atoms with E-state index in [0.29, 0.717) is 12.8 Å². The first-order chi connectivity index (χ1) is 7.19. The van der Waals surface area contributed by atoms with Crippen molar-refractivity contribution in [2.24, 2.45) is 0 Å². The molecule has 0 fully saturated rings. The third kappa shape index (κ3) is 3.23. The standard InChI is InChI=1S/C11H13BrO3/c1-14-10-5-3-4-9(12)8(10)6-7-11(13)15-2/h3-5H,6-7H2,1-2H3. The molecule has 0 amide bonds. The molecule has 0 atom stereocenters. The van der Waals surface area contributed by atoms with Gasteiger partial charge < -0.3 is 9.47 Å². The van der Waals surface area contributed by atoms with Gasteiger partial charge in [-0.05, 0) is 18.6 Å². The van der Waals surface area contributed by atoms with Crippen LogP contribution >= 0.6 is 15.9 Å². The molecule has 4 heteroatoms. The van der Waals surface area contributed by atoms with Crippen molar-refractivity contribution in [3.05, 3.63) is 28.2 Å². The van der Waals surface area contributed by atoms with Crippen LogP contribution in [-0.2, 0) is 16.0 Å². The molecule has 0 aliphatic rings. The molecule has 0 bridgehead atoms. The maximum atomic E-state index is 11.0. The number of esters is 1. The highest BCUT2D eigenvalue weighted by Crippen LogP contribution is 2.27. The normalized spacial score (nSPS) is 9.80. The highest BCUT2D eigenvalue weighted by molar-refractivity contribution is 9.10. The second kappa shape index (κ2) is 5.75. The Morgan fingerprint density at radius 3 is 2.73 bits per heavy atom. The lowest BCUT2D eigenvalue weighted by molar-refractivity contribution is -0.140. The molecule has 0 N–H and O–H groups in total. The lowest BCUT2D eigenvalue weighted by Crippen LogP contribution is -2.03. The summed E-state index contributed by atoms with van der Waals surface area (Å²) in [6.45, 7) is 0. The molecule has 1 aromatic carbocycles. The molecule has 0 aromatic heterocycles. The van der Waals surface area contributed by atoms with Crippen molar-refractivity contribution >= 4 is 21.9 Å². The zero-order valence-corrected chi connectivity index (χ0v) is 10.3. The van der Waals surface area contributed by atoms with E-state index in [9.17, 15) is 4.79 Å². The Morgan fingerprint density at radius 2 is 2.13 bits per heavy atom. The Balaban J connectivity index is 2.78. The first kappa shape index (κ1) is 12.0. The van der Waals surface area contributed by atoms with Crippen molar-refractivity contribution in [1.82, 2.24) is 0 Å². The lowest BCUT2D eigenvalue weighted by Gasteiger charge is -2.09. The number of hydrogen-bond donors (Lipinski definition) is 0. The van der Waals surface area contributed by atoms with Gasteiger partial charge in [0.1, 0.15) is 5.75 Å². The van der Waals surface area contributed by atoms with Crippen LogP contribution < -0.4 is 4.74 Å². The maximum absolute atomic E-state index is 11.0. The van der Waals surface area contributed by atoms with Crippen molar-refractivity contribution in [3.63, 3.8) is 0 Å². The molecule has 3 nitrogen and oxygen atoms in total. The van der Waals surface area contributed by atoms with E-state index in [-0.39, 0.29) is 5.97 Å². The predicted octanol–water partition coefficient (Wildman–Crippen LogP) is 2.56. The molecule has 0 aliphatic carbocycles. The van der Waals surface area contributed by atoms with E-state index in [2.05, 4.69) is 20.7 Å². The number of halogens is 1. The van der Waals surface area contributed by atoms with E-state index >= 15 is 0 Å². The van der Waals surface area contributed by atoms with Crippen LogP contribution in [0.2, 0.25) is 0 Å². The summed E-state index contributed by atoms with van der Waals surface area (Å²) in [6.07, 6.45) is 0.965. The molecule has 0 aliphatic heterocycles. The van der Waals surface area contributed by atoms with E-state index in [1.165, 1.54) is 7.11 Å². The van der Waals surface area contributed by atoms with Crippen LogP contribution in [0, 0.1) is 0 Å². The monoisotopic (exact) mass is 272 g/mol. The Kier molecular flexibility index (Phi) is 4.62. The molecular formula is C11H13BrO3. The number of methoxy groups -OCH3 is 2. The Morgan fingerprint density at radius 1 is 1.40 bits per heavy atom. The van der Waals surface area contributed by atoms with Gasteiger partial charge in [-0.15, -0.1) is 0 Å². The third-order valence-electron chi connectivity index (χ3n) is 2.10. The average Bonchev–Trinajstić information content (AvgIpc) is 2.26. The van der Waals surface area contributed by atoms with Crippen molar-refractivity contribution in [2.75, 3.05) is 14.2 Å². The summed E-state index contributed by atoms with van der Waals surface area (Å²) in [5, 5.41) is 0. The topological polar surface area (TPSA) is 35.5 Å². The third-order valence-corrected chi connectivity index (χ3v) is 2.85. The smallest absolute Gasteiger partial charge is 0.305 e. The molecule has 0 spiro atoms. The van der Waals surface area contributed by atoms with E-state index in [1.807, 2.05) is 18.2 Å². The van der Waals surface area contributed by atoms with Crippen LogP contribution in [0.25, 0.3) is 0 Å². The second-order valence-electron chi connectivity index (χ2n) is 3.00. The van der Waals surface area contributed by atoms with Gasteiger partial charge in [-0.3, -0.25) is 4.79 Å². The molecule has 15 heavy (non-hydrogen) atoms. The predicted molar refractivity (Wildman–Crippen MR) is 61.0 cm³/mol. The van der Waals surface area contributed by atoms with Gasteiger partial charge in [-0.2, -0.15) is 0 Å². The van der Waals surface area contributed by atoms with Gasteiger partial charge in [0.25, 0.3) is 0 Å². The van der Waals surface area contributed by atoms with Crippen LogP contribution in [0.3, 0.4) is 0 Å². The van der Waals surface area contributed by atoms with Crippen molar-refractivity contribution in [1.29, 1.82) is 0 Å². The summed E-state index contributed by atoms with van der Waals surface area (Å²) in [4.78, 5) is 11.0. The lowest BCUT2D eigenvalue weighted by atomic mass is 10.1. The van der Waals surface area contributed by atoms with E-state index in [0.717, 1.165) is 15.8 Å². The van der Waals surface area contributed by atoms with E-state index in [4.69, 9.17) is 4.74 Å². The number of ether oxygens (including phenoxy) is 2. The number of benzene rings is 1. The van der Waals surface area contributed by atoms with Gasteiger partial charge in [-0.1, -0.05) is 22.0 Å². The van der Waals surface area contributed by atoms with Gasteiger partial charge >= 0.3 is 5.97 Å².